The highest BCUT2D eigenvalue weighted by atomic mass is 16.6. The van der Waals surface area contributed by atoms with E-state index in [4.69, 9.17) is 9.47 Å². The Hall–Kier alpha value is -2.25. The molecule has 0 amide bonds. The minimum Gasteiger partial charge on any atom is -0.461 e. The molecule has 0 radical (unpaired) electrons. The van der Waals surface area contributed by atoms with Crippen molar-refractivity contribution in [2.45, 2.75) is 96.6 Å². The van der Waals surface area contributed by atoms with Gasteiger partial charge >= 0.3 is 11.9 Å². The fraction of sp³-hybridized carbons (Fsp3) is 0.727. The molecule has 7 nitrogen and oxygen atoms in total. The van der Waals surface area contributed by atoms with Crippen molar-refractivity contribution in [2.24, 2.45) is 51.8 Å². The lowest BCUT2D eigenvalue weighted by Gasteiger charge is -2.47. The van der Waals surface area contributed by atoms with Gasteiger partial charge in [0.05, 0.1) is 16.6 Å². The molecule has 5 fully saturated rings. The van der Waals surface area contributed by atoms with Crippen LogP contribution in [-0.2, 0) is 23.9 Å². The van der Waals surface area contributed by atoms with Crippen molar-refractivity contribution in [3.05, 3.63) is 36.0 Å². The van der Waals surface area contributed by atoms with Crippen LogP contribution < -0.4 is 0 Å². The van der Waals surface area contributed by atoms with Gasteiger partial charge in [0, 0.05) is 52.4 Å². The largest absolute Gasteiger partial charge is 0.461 e. The number of carbonyl (C=O) groups is 3. The number of hydrogen-bond donors (Lipinski definition) is 2. The molecule has 0 aromatic carbocycles. The normalized spacial score (nSPS) is 55.7. The Morgan fingerprint density at radius 2 is 1.85 bits per heavy atom. The summed E-state index contributed by atoms with van der Waals surface area (Å²) in [5.41, 5.74) is -3.24. The highest BCUT2D eigenvalue weighted by Crippen LogP contribution is 2.81. The zero-order chi connectivity index (χ0) is 28.8. The molecule has 40 heavy (non-hydrogen) atoms. The summed E-state index contributed by atoms with van der Waals surface area (Å²) < 4.78 is 12.6. The number of ketones is 1. The topological polar surface area (TPSA) is 110 Å². The molecule has 5 aliphatic carbocycles. The molecule has 216 valence electrons. The molecule has 2 bridgehead atoms. The fourth-order valence-electron chi connectivity index (χ4n) is 11.5. The maximum atomic E-state index is 14.6. The van der Waals surface area contributed by atoms with Crippen LogP contribution in [0.3, 0.4) is 0 Å². The molecule has 2 aliphatic heterocycles. The van der Waals surface area contributed by atoms with E-state index in [0.717, 1.165) is 5.57 Å². The minimum atomic E-state index is -1.15. The van der Waals surface area contributed by atoms with Gasteiger partial charge in [0.25, 0.3) is 0 Å². The van der Waals surface area contributed by atoms with E-state index in [0.29, 0.717) is 37.7 Å². The van der Waals surface area contributed by atoms with E-state index in [9.17, 15) is 24.6 Å². The van der Waals surface area contributed by atoms with Gasteiger partial charge in [0.1, 0.15) is 18.0 Å². The lowest BCUT2D eigenvalue weighted by Crippen LogP contribution is -2.51. The summed E-state index contributed by atoms with van der Waals surface area (Å²) in [6.07, 6.45) is 8.17. The Morgan fingerprint density at radius 1 is 1.12 bits per heavy atom. The van der Waals surface area contributed by atoms with Crippen molar-refractivity contribution in [3.8, 4) is 0 Å². The quantitative estimate of drug-likeness (QED) is 0.303. The van der Waals surface area contributed by atoms with Gasteiger partial charge in [0.15, 0.2) is 0 Å². The van der Waals surface area contributed by atoms with Crippen LogP contribution in [0.4, 0.5) is 0 Å². The van der Waals surface area contributed by atoms with Crippen molar-refractivity contribution in [1.29, 1.82) is 0 Å². The highest BCUT2D eigenvalue weighted by molar-refractivity contribution is 5.91. The fourth-order valence-corrected chi connectivity index (χ4v) is 11.5. The average molecular weight is 551 g/mol. The smallest absolute Gasteiger partial charge is 0.334 e. The number of allylic oxidation sites excluding steroid dienone is 2. The van der Waals surface area contributed by atoms with Gasteiger partial charge in [0.2, 0.25) is 0 Å². The predicted octanol–water partition coefficient (Wildman–Crippen LogP) is 4.07. The molecule has 1 spiro atoms. The molecule has 2 N–H and O–H groups in total. The molecule has 0 aromatic rings. The number of aliphatic hydroxyl groups is 2. The van der Waals surface area contributed by atoms with E-state index < -0.39 is 45.6 Å². The molecule has 13 atom stereocenters. The second kappa shape index (κ2) is 7.77. The van der Waals surface area contributed by atoms with Gasteiger partial charge < -0.3 is 24.5 Å². The molecule has 7 rings (SSSR count). The summed E-state index contributed by atoms with van der Waals surface area (Å²) in [4.78, 5) is 40.2. The molecule has 7 heteroatoms. The van der Waals surface area contributed by atoms with E-state index >= 15 is 0 Å². The van der Waals surface area contributed by atoms with Crippen molar-refractivity contribution < 1.29 is 34.1 Å². The molecule has 7 aliphatic rings. The van der Waals surface area contributed by atoms with E-state index in [-0.39, 0.29) is 53.7 Å². The second-order valence-corrected chi connectivity index (χ2v) is 15.0. The van der Waals surface area contributed by atoms with Crippen LogP contribution in [0, 0.1) is 51.8 Å². The molecular weight excluding hydrogens is 508 g/mol. The van der Waals surface area contributed by atoms with Crippen molar-refractivity contribution in [1.82, 2.24) is 0 Å². The van der Waals surface area contributed by atoms with Crippen LogP contribution in [-0.4, -0.2) is 51.3 Å². The van der Waals surface area contributed by atoms with Crippen LogP contribution in [0.15, 0.2) is 36.0 Å². The van der Waals surface area contributed by atoms with Crippen LogP contribution in [0.25, 0.3) is 0 Å². The lowest BCUT2D eigenvalue weighted by molar-refractivity contribution is -0.157. The highest BCUT2D eigenvalue weighted by Gasteiger charge is 2.84. The van der Waals surface area contributed by atoms with Gasteiger partial charge in [-0.25, -0.2) is 4.79 Å². The summed E-state index contributed by atoms with van der Waals surface area (Å²) in [7, 11) is 0. The molecular formula is C33H42O7. The Bertz CT molecular complexity index is 1310. The van der Waals surface area contributed by atoms with Gasteiger partial charge in [-0.2, -0.15) is 0 Å². The Balaban J connectivity index is 1.45. The van der Waals surface area contributed by atoms with Crippen molar-refractivity contribution in [3.63, 3.8) is 0 Å². The van der Waals surface area contributed by atoms with Crippen LogP contribution in [0.5, 0.6) is 0 Å². The zero-order valence-electron chi connectivity index (χ0n) is 24.2. The third-order valence-corrected chi connectivity index (χ3v) is 13.2. The monoisotopic (exact) mass is 550 g/mol. The summed E-state index contributed by atoms with van der Waals surface area (Å²) in [6, 6.07) is 0. The zero-order valence-corrected chi connectivity index (χ0v) is 24.2. The van der Waals surface area contributed by atoms with Crippen LogP contribution in [0.2, 0.25) is 0 Å². The first-order valence-electron chi connectivity index (χ1n) is 15.0. The molecule has 3 saturated carbocycles. The Labute approximate surface area is 236 Å². The van der Waals surface area contributed by atoms with Gasteiger partial charge in [-0.15, -0.1) is 0 Å². The molecule has 0 aromatic heterocycles. The maximum absolute atomic E-state index is 14.6. The summed E-state index contributed by atoms with van der Waals surface area (Å²) in [5, 5.41) is 24.1. The van der Waals surface area contributed by atoms with Gasteiger partial charge in [-0.05, 0) is 65.7 Å². The first kappa shape index (κ1) is 26.6. The average Bonchev–Trinajstić information content (AvgIpc) is 3.56. The summed E-state index contributed by atoms with van der Waals surface area (Å²) >= 11 is 0. The minimum absolute atomic E-state index is 0.0256. The standard InChI is InChI=1S/C33H42O7/c1-16-7-8-21-22(16)25-23(19(13-17(2)34)14-30(21,5)37)33(28(36)40-25)15-32-12-11-29(33,4)26(32)24-20(9-10-31(32,6)38)18(3)27(35)39-24/h7,11-12,19-26,37-38H,3,8-10,13-15H2,1-2,4-6H3/t19-,20-,21+,22-,23-,24-,25-,26-,29+,30-,31+,32-,33+/m1/s1. The number of rotatable bonds is 2. The molecule has 2 heterocycles. The van der Waals surface area contributed by atoms with E-state index in [1.54, 1.807) is 6.92 Å². The van der Waals surface area contributed by atoms with E-state index in [2.05, 4.69) is 38.7 Å². The third-order valence-electron chi connectivity index (χ3n) is 13.2. The molecule has 0 unspecified atom stereocenters. The van der Waals surface area contributed by atoms with Crippen LogP contribution in [0.1, 0.15) is 73.1 Å². The van der Waals surface area contributed by atoms with Crippen molar-refractivity contribution >= 4 is 17.7 Å². The van der Waals surface area contributed by atoms with E-state index in [1.807, 2.05) is 13.8 Å². The first-order valence-corrected chi connectivity index (χ1v) is 15.0. The van der Waals surface area contributed by atoms with Gasteiger partial charge in [-0.3, -0.25) is 4.79 Å². The number of Topliss-reactive ketones (excluding diaryl/α,β-unsaturated/α-hetero) is 1. The van der Waals surface area contributed by atoms with Gasteiger partial charge in [-0.1, -0.05) is 37.3 Å². The SMILES string of the molecule is C=C1C(=O)O[C@@H]2[C@@H]1CC[C@](C)(O)[C@@]13C=C[C@@](C)([C@@H]21)[C@]1(C3)C(=O)O[C@@H]2[C@@H]3C(C)=CC[C@@H]3[C@](C)(O)C[C@@H](CC(C)=O)[C@H]21. The number of carbonyl (C=O) groups excluding carboxylic acids is 3. The first-order chi connectivity index (χ1) is 18.6. The number of ether oxygens (including phenoxy) is 2. The Kier molecular flexibility index (Phi) is 5.17. The Morgan fingerprint density at radius 3 is 2.55 bits per heavy atom. The predicted molar refractivity (Wildman–Crippen MR) is 145 cm³/mol. The molecule has 2 saturated heterocycles. The number of fused-ring (bicyclic) bond motifs is 6. The third kappa shape index (κ3) is 2.87. The summed E-state index contributed by atoms with van der Waals surface area (Å²) in [5.74, 6) is -2.03. The van der Waals surface area contributed by atoms with Crippen LogP contribution >= 0.6 is 0 Å². The lowest BCUT2D eigenvalue weighted by atomic mass is 9.52. The second-order valence-electron chi connectivity index (χ2n) is 15.0. The van der Waals surface area contributed by atoms with E-state index in [1.165, 1.54) is 0 Å². The summed E-state index contributed by atoms with van der Waals surface area (Å²) in [6.45, 7) is 13.5. The van der Waals surface area contributed by atoms with Crippen molar-refractivity contribution in [2.75, 3.05) is 0 Å². The number of hydrogen-bond acceptors (Lipinski definition) is 7. The maximum Gasteiger partial charge on any atom is 0.334 e. The number of esters is 2.